The van der Waals surface area contributed by atoms with Crippen LogP contribution in [0.15, 0.2) is 54.6 Å². The first-order valence-corrected chi connectivity index (χ1v) is 9.55. The number of aliphatic hydroxyl groups is 1. The number of amides is 1. The predicted octanol–water partition coefficient (Wildman–Crippen LogP) is 3.81. The minimum absolute atomic E-state index is 0.215. The Morgan fingerprint density at radius 1 is 1.22 bits per heavy atom. The fourth-order valence-corrected chi connectivity index (χ4v) is 3.47. The molecular weight excluding hydrogens is 360 g/mol. The minimum Gasteiger partial charge on any atom is -0.488 e. The third-order valence-electron chi connectivity index (χ3n) is 3.94. The van der Waals surface area contributed by atoms with E-state index in [4.69, 9.17) is 4.74 Å². The number of aromatic nitrogens is 1. The Hall–Kier alpha value is -2.70. The lowest BCUT2D eigenvalue weighted by Crippen LogP contribution is -2.30. The van der Waals surface area contributed by atoms with Gasteiger partial charge in [0, 0.05) is 17.7 Å². The smallest absolute Gasteiger partial charge is 0.251 e. The quantitative estimate of drug-likeness (QED) is 0.652. The molecule has 3 rings (SSSR count). The molecule has 0 aliphatic heterocycles. The number of aliphatic hydroxyl groups excluding tert-OH is 1. The van der Waals surface area contributed by atoms with Gasteiger partial charge in [0.05, 0.1) is 16.7 Å². The van der Waals surface area contributed by atoms with Crippen LogP contribution < -0.4 is 10.1 Å². The average Bonchev–Trinajstić information content (AvgIpc) is 3.06. The third-order valence-corrected chi connectivity index (χ3v) is 5.12. The molecule has 3 aromatic rings. The zero-order chi connectivity index (χ0) is 19.2. The lowest BCUT2D eigenvalue weighted by atomic mass is 10.2. The normalized spacial score (nSPS) is 11.8. The number of benzene rings is 2. The maximum atomic E-state index is 12.1. The van der Waals surface area contributed by atoms with Crippen LogP contribution >= 0.6 is 11.3 Å². The van der Waals surface area contributed by atoms with Crippen molar-refractivity contribution in [2.24, 2.45) is 0 Å². The zero-order valence-corrected chi connectivity index (χ0v) is 16.1. The molecule has 140 valence electrons. The maximum absolute atomic E-state index is 12.1. The van der Waals surface area contributed by atoms with E-state index in [9.17, 15) is 9.90 Å². The van der Waals surface area contributed by atoms with Gasteiger partial charge in [-0.2, -0.15) is 0 Å². The number of nitrogens with zero attached hydrogens (tertiary/aromatic N) is 1. The van der Waals surface area contributed by atoms with Crippen molar-refractivity contribution >= 4 is 17.2 Å². The summed E-state index contributed by atoms with van der Waals surface area (Å²) in [5.74, 6) is 0.385. The number of hydrogen-bond acceptors (Lipinski definition) is 5. The van der Waals surface area contributed by atoms with E-state index in [-0.39, 0.29) is 12.5 Å². The number of carbonyl (C=O) groups excluding carboxylic acids is 1. The number of hydrogen-bond donors (Lipinski definition) is 2. The molecule has 0 saturated heterocycles. The fraction of sp³-hybridized carbons (Fsp3) is 0.238. The summed E-state index contributed by atoms with van der Waals surface area (Å²) in [5, 5.41) is 12.9. The summed E-state index contributed by atoms with van der Waals surface area (Å²) in [7, 11) is 0. The lowest BCUT2D eigenvalue weighted by molar-refractivity contribution is 0.0923. The number of rotatable bonds is 7. The molecule has 0 bridgehead atoms. The molecule has 0 saturated carbocycles. The molecule has 2 aromatic carbocycles. The van der Waals surface area contributed by atoms with Crippen LogP contribution in [0.2, 0.25) is 0 Å². The van der Waals surface area contributed by atoms with Gasteiger partial charge in [-0.3, -0.25) is 4.79 Å². The van der Waals surface area contributed by atoms with Crippen molar-refractivity contribution in [2.75, 3.05) is 6.54 Å². The van der Waals surface area contributed by atoms with Crippen molar-refractivity contribution in [1.82, 2.24) is 10.3 Å². The molecule has 1 heterocycles. The number of carbonyl (C=O) groups is 1. The van der Waals surface area contributed by atoms with E-state index < -0.39 is 6.10 Å². The Balaban J connectivity index is 1.66. The Morgan fingerprint density at radius 3 is 2.74 bits per heavy atom. The summed E-state index contributed by atoms with van der Waals surface area (Å²) in [6.07, 6.45) is -0.582. The maximum Gasteiger partial charge on any atom is 0.251 e. The van der Waals surface area contributed by atoms with E-state index >= 15 is 0 Å². The van der Waals surface area contributed by atoms with Crippen molar-refractivity contribution in [3.63, 3.8) is 0 Å². The molecular formula is C21H22N2O3S. The molecule has 0 aliphatic rings. The lowest BCUT2D eigenvalue weighted by Gasteiger charge is -2.09. The van der Waals surface area contributed by atoms with Crippen LogP contribution in [-0.4, -0.2) is 28.6 Å². The first kappa shape index (κ1) is 19.1. The second-order valence-corrected chi connectivity index (χ2v) is 7.35. The van der Waals surface area contributed by atoms with E-state index in [2.05, 4.69) is 10.3 Å². The van der Waals surface area contributed by atoms with E-state index in [1.807, 2.05) is 43.3 Å². The van der Waals surface area contributed by atoms with E-state index in [1.54, 1.807) is 36.5 Å². The Kier molecular flexibility index (Phi) is 6.21. The van der Waals surface area contributed by atoms with Crippen LogP contribution in [0, 0.1) is 6.92 Å². The van der Waals surface area contributed by atoms with Crippen LogP contribution in [0.1, 0.15) is 27.9 Å². The van der Waals surface area contributed by atoms with E-state index in [1.165, 1.54) is 0 Å². The van der Waals surface area contributed by atoms with Gasteiger partial charge >= 0.3 is 0 Å². The summed E-state index contributed by atoms with van der Waals surface area (Å²) < 4.78 is 5.88. The standard InChI is InChI=1S/C21H22N2O3S/c1-14(24)12-22-20(25)17-9-6-10-18(11-17)26-13-19-15(2)23-21(27-19)16-7-4-3-5-8-16/h3-11,14,24H,12-13H2,1-2H3,(H,22,25). The van der Waals surface area contributed by atoms with Crippen LogP contribution in [0.3, 0.4) is 0 Å². The fourth-order valence-electron chi connectivity index (χ4n) is 2.48. The first-order chi connectivity index (χ1) is 13.0. The molecule has 5 nitrogen and oxygen atoms in total. The molecule has 2 N–H and O–H groups in total. The number of aryl methyl sites for hydroxylation is 1. The van der Waals surface area contributed by atoms with Crippen LogP contribution in [0.5, 0.6) is 5.75 Å². The highest BCUT2D eigenvalue weighted by Crippen LogP contribution is 2.28. The van der Waals surface area contributed by atoms with Crippen LogP contribution in [0.25, 0.3) is 10.6 Å². The molecule has 1 unspecified atom stereocenters. The van der Waals surface area contributed by atoms with Gasteiger partial charge in [-0.25, -0.2) is 4.98 Å². The highest BCUT2D eigenvalue weighted by atomic mass is 32.1. The summed E-state index contributed by atoms with van der Waals surface area (Å²) in [6, 6.07) is 17.1. The molecule has 1 aromatic heterocycles. The largest absolute Gasteiger partial charge is 0.488 e. The zero-order valence-electron chi connectivity index (χ0n) is 15.3. The van der Waals surface area contributed by atoms with Crippen molar-refractivity contribution < 1.29 is 14.6 Å². The van der Waals surface area contributed by atoms with E-state index in [0.29, 0.717) is 17.9 Å². The Morgan fingerprint density at radius 2 is 2.00 bits per heavy atom. The topological polar surface area (TPSA) is 71.5 Å². The molecule has 0 spiro atoms. The van der Waals surface area contributed by atoms with Gasteiger partial charge in [0.2, 0.25) is 0 Å². The second kappa shape index (κ2) is 8.79. The first-order valence-electron chi connectivity index (χ1n) is 8.74. The average molecular weight is 382 g/mol. The molecule has 0 radical (unpaired) electrons. The van der Waals surface area contributed by atoms with Crippen molar-refractivity contribution in [1.29, 1.82) is 0 Å². The monoisotopic (exact) mass is 382 g/mol. The third kappa shape index (κ3) is 5.15. The summed E-state index contributed by atoms with van der Waals surface area (Å²) >= 11 is 1.61. The van der Waals surface area contributed by atoms with Gasteiger partial charge in [0.15, 0.2) is 0 Å². The van der Waals surface area contributed by atoms with E-state index in [0.717, 1.165) is 21.1 Å². The van der Waals surface area contributed by atoms with Gasteiger partial charge in [-0.15, -0.1) is 11.3 Å². The SMILES string of the molecule is Cc1nc(-c2ccccc2)sc1COc1cccc(C(=O)NCC(C)O)c1. The Labute approximate surface area is 162 Å². The summed E-state index contributed by atoms with van der Waals surface area (Å²) in [4.78, 5) is 17.8. The number of ether oxygens (including phenoxy) is 1. The number of nitrogens with one attached hydrogen (secondary N) is 1. The van der Waals surface area contributed by atoms with Crippen molar-refractivity contribution in [3.05, 3.63) is 70.7 Å². The molecule has 27 heavy (non-hydrogen) atoms. The summed E-state index contributed by atoms with van der Waals surface area (Å²) in [5.41, 5.74) is 2.54. The minimum atomic E-state index is -0.582. The predicted molar refractivity (Wildman–Crippen MR) is 107 cm³/mol. The van der Waals surface area contributed by atoms with Gasteiger partial charge < -0.3 is 15.2 Å². The molecule has 1 amide bonds. The Bertz CT molecular complexity index is 907. The van der Waals surface area contributed by atoms with Gasteiger partial charge in [0.1, 0.15) is 17.4 Å². The highest BCUT2D eigenvalue weighted by molar-refractivity contribution is 7.15. The highest BCUT2D eigenvalue weighted by Gasteiger charge is 2.11. The second-order valence-electron chi connectivity index (χ2n) is 6.27. The number of thiazole rings is 1. The van der Waals surface area contributed by atoms with Crippen molar-refractivity contribution in [3.8, 4) is 16.3 Å². The van der Waals surface area contributed by atoms with Gasteiger partial charge in [0.25, 0.3) is 5.91 Å². The van der Waals surface area contributed by atoms with Gasteiger partial charge in [-0.1, -0.05) is 36.4 Å². The molecule has 0 fully saturated rings. The molecule has 0 aliphatic carbocycles. The molecule has 1 atom stereocenters. The van der Waals surface area contributed by atoms with Crippen LogP contribution in [-0.2, 0) is 6.61 Å². The van der Waals surface area contributed by atoms with Crippen LogP contribution in [0.4, 0.5) is 0 Å². The van der Waals surface area contributed by atoms with Gasteiger partial charge in [-0.05, 0) is 32.0 Å². The summed E-state index contributed by atoms with van der Waals surface area (Å²) in [6.45, 7) is 4.21. The van der Waals surface area contributed by atoms with Crippen molar-refractivity contribution in [2.45, 2.75) is 26.6 Å². The molecule has 6 heteroatoms.